The minimum absolute atomic E-state index is 0.184. The van der Waals surface area contributed by atoms with Crippen molar-refractivity contribution in [1.29, 1.82) is 0 Å². The number of aryl methyl sites for hydroxylation is 2. The number of ketones is 2. The number of amides is 2. The first-order valence-corrected chi connectivity index (χ1v) is 16.7. The number of hydrogen-bond acceptors (Lipinski definition) is 5. The molecule has 0 saturated carbocycles. The van der Waals surface area contributed by atoms with Crippen molar-refractivity contribution in [3.8, 4) is 0 Å². The molecule has 1 aliphatic heterocycles. The van der Waals surface area contributed by atoms with Crippen LogP contribution in [0.25, 0.3) is 0 Å². The molecule has 0 bridgehead atoms. The SMILES string of the molecule is CC(C)Cc1ccc(CCc2cc(C(=O)c3ccccc3Cl)c(NC(=O)[C@@H]3C(=O)c4ccccc4C(=O)N3c3ccccc3)s2)cc1. The van der Waals surface area contributed by atoms with E-state index >= 15 is 0 Å². The summed E-state index contributed by atoms with van der Waals surface area (Å²) in [6.45, 7) is 4.39. The van der Waals surface area contributed by atoms with E-state index in [-0.39, 0.29) is 22.5 Å². The Hall–Kier alpha value is -4.85. The lowest BCUT2D eigenvalue weighted by Gasteiger charge is -2.34. The third kappa shape index (κ3) is 6.82. The number of rotatable bonds is 10. The van der Waals surface area contributed by atoms with Crippen LogP contribution in [0.5, 0.6) is 0 Å². The molecule has 0 radical (unpaired) electrons. The van der Waals surface area contributed by atoms with E-state index < -0.39 is 23.6 Å². The summed E-state index contributed by atoms with van der Waals surface area (Å²) in [7, 11) is 0. The Labute approximate surface area is 283 Å². The van der Waals surface area contributed by atoms with Gasteiger partial charge in [-0.1, -0.05) is 98.2 Å². The standard InChI is InChI=1S/C39H33ClN2O4S/c1-24(2)22-26-18-16-25(17-19-26)20-21-28-23-32(35(43)31-14-8-9-15-33(31)40)38(47-28)41-37(45)34-36(44)29-12-6-7-13-30(29)39(46)42(34)27-10-4-3-5-11-27/h3-19,23-24,34H,20-22H2,1-2H3,(H,41,45)/t34-/m0/s1. The van der Waals surface area contributed by atoms with Crippen molar-refractivity contribution in [3.05, 3.63) is 152 Å². The fraction of sp³-hybridized carbons (Fsp3) is 0.179. The predicted molar refractivity (Wildman–Crippen MR) is 188 cm³/mol. The van der Waals surface area contributed by atoms with Crippen LogP contribution in [0, 0.1) is 5.92 Å². The Kier molecular flexibility index (Phi) is 9.48. The normalized spacial score (nSPS) is 14.3. The fourth-order valence-electron chi connectivity index (χ4n) is 5.87. The minimum Gasteiger partial charge on any atom is -0.315 e. The molecule has 236 valence electrons. The molecule has 8 heteroatoms. The second kappa shape index (κ2) is 13.9. The largest absolute Gasteiger partial charge is 0.315 e. The van der Waals surface area contributed by atoms with Crippen LogP contribution in [0.1, 0.15) is 66.5 Å². The quantitative estimate of drug-likeness (QED) is 0.120. The van der Waals surface area contributed by atoms with Gasteiger partial charge in [-0.2, -0.15) is 0 Å². The number of thiophene rings is 1. The second-order valence-corrected chi connectivity index (χ2v) is 13.5. The molecule has 2 heterocycles. The summed E-state index contributed by atoms with van der Waals surface area (Å²) in [5.41, 5.74) is 3.87. The highest BCUT2D eigenvalue weighted by Crippen LogP contribution is 2.35. The predicted octanol–water partition coefficient (Wildman–Crippen LogP) is 8.47. The van der Waals surface area contributed by atoms with Gasteiger partial charge in [0, 0.05) is 21.7 Å². The van der Waals surface area contributed by atoms with Crippen LogP contribution in [0.4, 0.5) is 10.7 Å². The van der Waals surface area contributed by atoms with Crippen molar-refractivity contribution in [2.45, 2.75) is 39.2 Å². The Bertz CT molecular complexity index is 1970. The van der Waals surface area contributed by atoms with Crippen molar-refractivity contribution < 1.29 is 19.2 Å². The summed E-state index contributed by atoms with van der Waals surface area (Å²) >= 11 is 7.70. The van der Waals surface area contributed by atoms with Gasteiger partial charge >= 0.3 is 0 Å². The summed E-state index contributed by atoms with van der Waals surface area (Å²) in [6, 6.07) is 30.8. The maximum Gasteiger partial charge on any atom is 0.260 e. The van der Waals surface area contributed by atoms with E-state index in [4.69, 9.17) is 11.6 Å². The van der Waals surface area contributed by atoms with Crippen LogP contribution < -0.4 is 10.2 Å². The zero-order chi connectivity index (χ0) is 33.1. The molecule has 0 saturated heterocycles. The summed E-state index contributed by atoms with van der Waals surface area (Å²) < 4.78 is 0. The van der Waals surface area contributed by atoms with Gasteiger partial charge in [0.1, 0.15) is 5.00 Å². The second-order valence-electron chi connectivity index (χ2n) is 12.0. The van der Waals surface area contributed by atoms with Gasteiger partial charge in [0.25, 0.3) is 11.8 Å². The molecule has 0 unspecified atom stereocenters. The van der Waals surface area contributed by atoms with Gasteiger partial charge in [0.2, 0.25) is 0 Å². The van der Waals surface area contributed by atoms with E-state index in [0.717, 1.165) is 17.7 Å². The number of halogens is 1. The van der Waals surface area contributed by atoms with Gasteiger partial charge in [-0.3, -0.25) is 24.1 Å². The number of Topliss-reactive ketones (excluding diaryl/α,β-unsaturated/α-hetero) is 1. The number of carbonyl (C=O) groups is 4. The third-order valence-electron chi connectivity index (χ3n) is 8.14. The molecular weight excluding hydrogens is 628 g/mol. The average molecular weight is 661 g/mol. The van der Waals surface area contributed by atoms with Crippen LogP contribution in [-0.4, -0.2) is 29.4 Å². The molecule has 2 amide bonds. The Morgan fingerprint density at radius 2 is 1.43 bits per heavy atom. The minimum atomic E-state index is -1.47. The number of anilines is 2. The molecule has 0 fully saturated rings. The summed E-state index contributed by atoms with van der Waals surface area (Å²) in [5.74, 6) is -1.43. The van der Waals surface area contributed by atoms with Crippen molar-refractivity contribution in [2.24, 2.45) is 5.92 Å². The molecule has 0 aliphatic carbocycles. The number of fused-ring (bicyclic) bond motifs is 1. The van der Waals surface area contributed by atoms with Gasteiger partial charge in [0.15, 0.2) is 17.6 Å². The lowest BCUT2D eigenvalue weighted by atomic mass is 9.91. The van der Waals surface area contributed by atoms with Gasteiger partial charge < -0.3 is 5.32 Å². The monoisotopic (exact) mass is 660 g/mol. The highest BCUT2D eigenvalue weighted by atomic mass is 35.5. The summed E-state index contributed by atoms with van der Waals surface area (Å²) in [6.07, 6.45) is 2.39. The van der Waals surface area contributed by atoms with E-state index in [2.05, 4.69) is 43.4 Å². The van der Waals surface area contributed by atoms with Crippen molar-refractivity contribution >= 4 is 57.0 Å². The van der Waals surface area contributed by atoms with Gasteiger partial charge in [-0.25, -0.2) is 0 Å². The first kappa shape index (κ1) is 32.1. The van der Waals surface area contributed by atoms with E-state index in [1.54, 1.807) is 84.9 Å². The van der Waals surface area contributed by atoms with E-state index in [0.29, 0.717) is 33.6 Å². The maximum absolute atomic E-state index is 14.1. The molecule has 1 atom stereocenters. The maximum atomic E-state index is 14.1. The molecule has 5 aromatic rings. The molecule has 6 nitrogen and oxygen atoms in total. The molecular formula is C39H33ClN2O4S. The number of carbonyl (C=O) groups excluding carboxylic acids is 4. The molecule has 0 spiro atoms. The molecule has 1 N–H and O–H groups in total. The van der Waals surface area contributed by atoms with Crippen LogP contribution >= 0.6 is 22.9 Å². The van der Waals surface area contributed by atoms with Gasteiger partial charge in [0.05, 0.1) is 16.1 Å². The highest BCUT2D eigenvalue weighted by Gasteiger charge is 2.44. The van der Waals surface area contributed by atoms with E-state index in [1.165, 1.54) is 27.4 Å². The van der Waals surface area contributed by atoms with E-state index in [1.807, 2.05) is 0 Å². The summed E-state index contributed by atoms with van der Waals surface area (Å²) in [5, 5.41) is 3.47. The lowest BCUT2D eigenvalue weighted by Crippen LogP contribution is -2.55. The summed E-state index contributed by atoms with van der Waals surface area (Å²) in [4.78, 5) is 57.7. The van der Waals surface area contributed by atoms with Gasteiger partial charge in [-0.05, 0) is 72.7 Å². The van der Waals surface area contributed by atoms with Crippen molar-refractivity contribution in [2.75, 3.05) is 10.2 Å². The van der Waals surface area contributed by atoms with Crippen molar-refractivity contribution in [1.82, 2.24) is 0 Å². The first-order chi connectivity index (χ1) is 22.7. The van der Waals surface area contributed by atoms with Gasteiger partial charge in [-0.15, -0.1) is 11.3 Å². The van der Waals surface area contributed by atoms with Crippen LogP contribution in [0.15, 0.2) is 109 Å². The molecule has 6 rings (SSSR count). The fourth-order valence-corrected chi connectivity index (χ4v) is 7.14. The zero-order valence-electron chi connectivity index (χ0n) is 26.0. The molecule has 1 aromatic heterocycles. The van der Waals surface area contributed by atoms with Crippen LogP contribution in [-0.2, 0) is 24.1 Å². The number of hydrogen-bond donors (Lipinski definition) is 1. The molecule has 4 aromatic carbocycles. The first-order valence-electron chi connectivity index (χ1n) is 15.5. The third-order valence-corrected chi connectivity index (χ3v) is 9.58. The topological polar surface area (TPSA) is 83.5 Å². The Morgan fingerprint density at radius 3 is 2.13 bits per heavy atom. The molecule has 47 heavy (non-hydrogen) atoms. The average Bonchev–Trinajstić information content (AvgIpc) is 3.48. The number of nitrogens with zero attached hydrogens (tertiary/aromatic N) is 1. The zero-order valence-corrected chi connectivity index (χ0v) is 27.6. The Balaban J connectivity index is 1.33. The smallest absolute Gasteiger partial charge is 0.260 e. The van der Waals surface area contributed by atoms with Crippen LogP contribution in [0.2, 0.25) is 5.02 Å². The van der Waals surface area contributed by atoms with Crippen LogP contribution in [0.3, 0.4) is 0 Å². The number of benzene rings is 4. The lowest BCUT2D eigenvalue weighted by molar-refractivity contribution is -0.116. The van der Waals surface area contributed by atoms with Crippen molar-refractivity contribution in [3.63, 3.8) is 0 Å². The van der Waals surface area contributed by atoms with E-state index in [9.17, 15) is 19.2 Å². The number of para-hydroxylation sites is 1. The highest BCUT2D eigenvalue weighted by molar-refractivity contribution is 7.16. The molecule has 1 aliphatic rings. The number of nitrogens with one attached hydrogen (secondary N) is 1. The Morgan fingerprint density at radius 1 is 0.787 bits per heavy atom.